The molecule has 0 saturated heterocycles. The monoisotopic (exact) mass is 324 g/mol. The Kier molecular flexibility index (Phi) is 7.37. The Morgan fingerprint density at radius 2 is 2.00 bits per heavy atom. The average molecular weight is 325 g/mol. The van der Waals surface area contributed by atoms with Crippen LogP contribution in [0.1, 0.15) is 50.2 Å². The molecule has 1 amide bonds. The van der Waals surface area contributed by atoms with Crippen LogP contribution in [0, 0.1) is 12.8 Å². The van der Waals surface area contributed by atoms with Gasteiger partial charge in [0.25, 0.3) is 0 Å². The lowest BCUT2D eigenvalue weighted by Crippen LogP contribution is -2.47. The smallest absolute Gasteiger partial charge is 0.230 e. The highest BCUT2D eigenvalue weighted by Crippen LogP contribution is 2.40. The van der Waals surface area contributed by atoms with Crippen LogP contribution in [0.4, 0.5) is 0 Å². The standard InChI is InChI=1S/C18H28N2O.ClH/c1-14-7-6-8-16(11-14)18(9-4-3-5-10-18)17(21)20-13-15(2)12-19;/h6-8,11,15H,3-5,9-10,12-13,19H2,1-2H3,(H,20,21);1H. The molecule has 0 radical (unpaired) electrons. The molecule has 1 aromatic rings. The number of aryl methyl sites for hydroxylation is 1. The number of halogens is 1. The van der Waals surface area contributed by atoms with Crippen LogP contribution in [0.25, 0.3) is 0 Å². The molecule has 0 spiro atoms. The van der Waals surface area contributed by atoms with Crippen molar-refractivity contribution in [2.45, 2.75) is 51.4 Å². The van der Waals surface area contributed by atoms with Crippen molar-refractivity contribution >= 4 is 18.3 Å². The van der Waals surface area contributed by atoms with Gasteiger partial charge in [0.05, 0.1) is 5.41 Å². The highest BCUT2D eigenvalue weighted by atomic mass is 35.5. The number of benzene rings is 1. The van der Waals surface area contributed by atoms with Gasteiger partial charge in [-0.25, -0.2) is 0 Å². The van der Waals surface area contributed by atoms with Crippen molar-refractivity contribution in [3.05, 3.63) is 35.4 Å². The van der Waals surface area contributed by atoms with Gasteiger partial charge in [0, 0.05) is 6.54 Å². The minimum absolute atomic E-state index is 0. The van der Waals surface area contributed by atoms with E-state index >= 15 is 0 Å². The Labute approximate surface area is 140 Å². The summed E-state index contributed by atoms with van der Waals surface area (Å²) >= 11 is 0. The van der Waals surface area contributed by atoms with E-state index in [9.17, 15) is 4.79 Å². The molecule has 1 unspecified atom stereocenters. The van der Waals surface area contributed by atoms with E-state index in [1.165, 1.54) is 17.5 Å². The van der Waals surface area contributed by atoms with Gasteiger partial charge in [0.2, 0.25) is 5.91 Å². The molecule has 1 aliphatic rings. The Bertz CT molecular complexity index is 484. The maximum Gasteiger partial charge on any atom is 0.230 e. The lowest BCUT2D eigenvalue weighted by molar-refractivity contribution is -0.128. The number of nitrogens with one attached hydrogen (secondary N) is 1. The van der Waals surface area contributed by atoms with Gasteiger partial charge < -0.3 is 11.1 Å². The van der Waals surface area contributed by atoms with Crippen LogP contribution in [-0.2, 0) is 10.2 Å². The lowest BCUT2D eigenvalue weighted by atomic mass is 9.68. The van der Waals surface area contributed by atoms with Crippen molar-refractivity contribution in [2.75, 3.05) is 13.1 Å². The van der Waals surface area contributed by atoms with E-state index < -0.39 is 0 Å². The predicted octanol–water partition coefficient (Wildman–Crippen LogP) is 3.33. The molecule has 4 heteroatoms. The first-order chi connectivity index (χ1) is 10.1. The van der Waals surface area contributed by atoms with Crippen molar-refractivity contribution in [1.82, 2.24) is 5.32 Å². The first-order valence-electron chi connectivity index (χ1n) is 8.14. The van der Waals surface area contributed by atoms with Crippen molar-refractivity contribution in [1.29, 1.82) is 0 Å². The van der Waals surface area contributed by atoms with Gasteiger partial charge >= 0.3 is 0 Å². The molecular weight excluding hydrogens is 296 g/mol. The van der Waals surface area contributed by atoms with E-state index in [1.807, 2.05) is 0 Å². The zero-order valence-corrected chi connectivity index (χ0v) is 14.5. The zero-order valence-electron chi connectivity index (χ0n) is 13.7. The van der Waals surface area contributed by atoms with E-state index in [0.29, 0.717) is 19.0 Å². The van der Waals surface area contributed by atoms with Gasteiger partial charge in [-0.05, 0) is 37.8 Å². The Morgan fingerprint density at radius 3 is 2.59 bits per heavy atom. The number of carbonyl (C=O) groups is 1. The summed E-state index contributed by atoms with van der Waals surface area (Å²) < 4.78 is 0. The van der Waals surface area contributed by atoms with Crippen molar-refractivity contribution in [3.63, 3.8) is 0 Å². The van der Waals surface area contributed by atoms with Crippen LogP contribution in [0.15, 0.2) is 24.3 Å². The van der Waals surface area contributed by atoms with Crippen LogP contribution in [0.3, 0.4) is 0 Å². The third-order valence-corrected chi connectivity index (χ3v) is 4.73. The molecule has 1 aromatic carbocycles. The number of hydrogen-bond donors (Lipinski definition) is 2. The summed E-state index contributed by atoms with van der Waals surface area (Å²) in [5.74, 6) is 0.514. The normalized spacial score (nSPS) is 18.1. The third-order valence-electron chi connectivity index (χ3n) is 4.73. The van der Waals surface area contributed by atoms with Gasteiger partial charge in [-0.1, -0.05) is 56.0 Å². The molecule has 0 aliphatic heterocycles. The summed E-state index contributed by atoms with van der Waals surface area (Å²) in [4.78, 5) is 12.9. The van der Waals surface area contributed by atoms with Crippen molar-refractivity contribution < 1.29 is 4.79 Å². The van der Waals surface area contributed by atoms with E-state index in [2.05, 4.69) is 43.4 Å². The highest BCUT2D eigenvalue weighted by Gasteiger charge is 2.40. The third kappa shape index (κ3) is 4.23. The average Bonchev–Trinajstić information content (AvgIpc) is 2.52. The number of amides is 1. The van der Waals surface area contributed by atoms with Gasteiger partial charge in [0.15, 0.2) is 0 Å². The summed E-state index contributed by atoms with van der Waals surface area (Å²) in [7, 11) is 0. The second-order valence-corrected chi connectivity index (χ2v) is 6.56. The molecule has 3 nitrogen and oxygen atoms in total. The lowest BCUT2D eigenvalue weighted by Gasteiger charge is -2.37. The molecule has 2 rings (SSSR count). The summed E-state index contributed by atoms with van der Waals surface area (Å²) in [6.07, 6.45) is 5.42. The molecule has 1 fully saturated rings. The first-order valence-corrected chi connectivity index (χ1v) is 8.14. The van der Waals surface area contributed by atoms with E-state index in [1.54, 1.807) is 0 Å². The molecule has 3 N–H and O–H groups in total. The fraction of sp³-hybridized carbons (Fsp3) is 0.611. The Morgan fingerprint density at radius 1 is 1.32 bits per heavy atom. The van der Waals surface area contributed by atoms with Crippen LogP contribution >= 0.6 is 12.4 Å². The van der Waals surface area contributed by atoms with Crippen LogP contribution < -0.4 is 11.1 Å². The number of rotatable bonds is 5. The van der Waals surface area contributed by atoms with E-state index in [0.717, 1.165) is 25.7 Å². The topological polar surface area (TPSA) is 55.1 Å². The second kappa shape index (κ2) is 8.54. The van der Waals surface area contributed by atoms with Crippen LogP contribution in [0.2, 0.25) is 0 Å². The SMILES string of the molecule is Cc1cccc(C2(C(=O)NCC(C)CN)CCCCC2)c1.Cl. The minimum atomic E-state index is -0.335. The molecule has 0 aromatic heterocycles. The summed E-state index contributed by atoms with van der Waals surface area (Å²) in [6.45, 7) is 5.44. The highest BCUT2D eigenvalue weighted by molar-refractivity contribution is 5.88. The maximum atomic E-state index is 12.9. The predicted molar refractivity (Wildman–Crippen MR) is 94.4 cm³/mol. The van der Waals surface area contributed by atoms with E-state index in [4.69, 9.17) is 5.73 Å². The van der Waals surface area contributed by atoms with E-state index in [-0.39, 0.29) is 23.7 Å². The second-order valence-electron chi connectivity index (χ2n) is 6.56. The molecular formula is C18H29ClN2O. The van der Waals surface area contributed by atoms with Crippen molar-refractivity contribution in [3.8, 4) is 0 Å². The largest absolute Gasteiger partial charge is 0.355 e. The molecule has 22 heavy (non-hydrogen) atoms. The molecule has 1 aliphatic carbocycles. The van der Waals surface area contributed by atoms with Crippen molar-refractivity contribution in [2.24, 2.45) is 11.7 Å². The maximum absolute atomic E-state index is 12.9. The first kappa shape index (κ1) is 19.0. The molecule has 0 heterocycles. The Hall–Kier alpha value is -1.06. The summed E-state index contributed by atoms with van der Waals surface area (Å²) in [5, 5.41) is 3.14. The molecule has 1 saturated carbocycles. The number of nitrogens with two attached hydrogens (primary N) is 1. The molecule has 1 atom stereocenters. The quantitative estimate of drug-likeness (QED) is 0.873. The van der Waals surface area contributed by atoms with Crippen LogP contribution in [0.5, 0.6) is 0 Å². The summed E-state index contributed by atoms with van der Waals surface area (Å²) in [6, 6.07) is 8.45. The van der Waals surface area contributed by atoms with Gasteiger partial charge in [-0.3, -0.25) is 4.79 Å². The number of hydrogen-bond acceptors (Lipinski definition) is 2. The van der Waals surface area contributed by atoms with Gasteiger partial charge in [-0.15, -0.1) is 12.4 Å². The zero-order chi connectivity index (χ0) is 15.3. The van der Waals surface area contributed by atoms with Gasteiger partial charge in [-0.2, -0.15) is 0 Å². The molecule has 0 bridgehead atoms. The van der Waals surface area contributed by atoms with Crippen LogP contribution in [-0.4, -0.2) is 19.0 Å². The fourth-order valence-corrected chi connectivity index (χ4v) is 3.26. The fourth-order valence-electron chi connectivity index (χ4n) is 3.26. The van der Waals surface area contributed by atoms with Gasteiger partial charge in [0.1, 0.15) is 0 Å². The Balaban J connectivity index is 0.00000242. The molecule has 124 valence electrons. The number of carbonyl (C=O) groups excluding carboxylic acids is 1. The minimum Gasteiger partial charge on any atom is -0.355 e. The summed E-state index contributed by atoms with van der Waals surface area (Å²) in [5.41, 5.74) is 7.72.